The van der Waals surface area contributed by atoms with E-state index in [1.807, 2.05) is 6.07 Å². The Morgan fingerprint density at radius 1 is 1.07 bits per heavy atom. The standard InChI is InChI=1S/C21H19NO6/c1-13(23)22-16-5-3-14(4-6-16)19(24)12-28-21(25)9-15-11-27-20-10-17(26-2)7-8-18(15)20/h3-8,10-11H,9,12H2,1-2H3,(H,22,23). The minimum atomic E-state index is -0.526. The molecule has 0 bridgehead atoms. The number of carbonyl (C=O) groups excluding carboxylic acids is 3. The van der Waals surface area contributed by atoms with Crippen LogP contribution >= 0.6 is 0 Å². The highest BCUT2D eigenvalue weighted by Gasteiger charge is 2.14. The van der Waals surface area contributed by atoms with Crippen molar-refractivity contribution in [2.75, 3.05) is 19.0 Å². The van der Waals surface area contributed by atoms with Gasteiger partial charge in [-0.25, -0.2) is 0 Å². The maximum atomic E-state index is 12.2. The van der Waals surface area contributed by atoms with Crippen molar-refractivity contribution >= 4 is 34.3 Å². The molecule has 28 heavy (non-hydrogen) atoms. The summed E-state index contributed by atoms with van der Waals surface area (Å²) in [5, 5.41) is 3.40. The number of carbonyl (C=O) groups is 3. The number of ether oxygens (including phenoxy) is 2. The van der Waals surface area contributed by atoms with Crippen LogP contribution in [0, 0.1) is 0 Å². The minimum Gasteiger partial charge on any atom is -0.497 e. The van der Waals surface area contributed by atoms with Gasteiger partial charge in [-0.15, -0.1) is 0 Å². The number of hydrogen-bond acceptors (Lipinski definition) is 6. The predicted molar refractivity (Wildman–Crippen MR) is 103 cm³/mol. The van der Waals surface area contributed by atoms with Crippen molar-refractivity contribution in [2.24, 2.45) is 0 Å². The summed E-state index contributed by atoms with van der Waals surface area (Å²) < 4.78 is 15.7. The van der Waals surface area contributed by atoms with Crippen LogP contribution in [0.2, 0.25) is 0 Å². The first-order chi connectivity index (χ1) is 13.5. The second kappa shape index (κ2) is 8.39. The largest absolute Gasteiger partial charge is 0.497 e. The Labute approximate surface area is 161 Å². The summed E-state index contributed by atoms with van der Waals surface area (Å²) in [4.78, 5) is 35.3. The molecule has 1 aromatic heterocycles. The molecule has 1 amide bonds. The highest BCUT2D eigenvalue weighted by atomic mass is 16.5. The number of hydrogen-bond donors (Lipinski definition) is 1. The summed E-state index contributed by atoms with van der Waals surface area (Å²) in [5.41, 5.74) is 2.26. The molecule has 0 radical (unpaired) electrons. The molecule has 3 aromatic rings. The molecule has 0 atom stereocenters. The number of ketones is 1. The summed E-state index contributed by atoms with van der Waals surface area (Å²) in [6, 6.07) is 11.7. The van der Waals surface area contributed by atoms with Gasteiger partial charge in [0, 0.05) is 35.2 Å². The topological polar surface area (TPSA) is 94.8 Å². The van der Waals surface area contributed by atoms with Crippen molar-refractivity contribution in [2.45, 2.75) is 13.3 Å². The molecule has 7 nitrogen and oxygen atoms in total. The van der Waals surface area contributed by atoms with Gasteiger partial charge < -0.3 is 19.2 Å². The van der Waals surface area contributed by atoms with Gasteiger partial charge in [-0.1, -0.05) is 0 Å². The van der Waals surface area contributed by atoms with Crippen molar-refractivity contribution in [3.05, 3.63) is 59.9 Å². The average Bonchev–Trinajstić information content (AvgIpc) is 3.08. The normalized spacial score (nSPS) is 10.5. The van der Waals surface area contributed by atoms with Crippen LogP contribution in [0.5, 0.6) is 5.75 Å². The van der Waals surface area contributed by atoms with Gasteiger partial charge in [0.25, 0.3) is 0 Å². The molecule has 3 rings (SSSR count). The zero-order chi connectivity index (χ0) is 20.1. The fourth-order valence-electron chi connectivity index (χ4n) is 2.71. The van der Waals surface area contributed by atoms with E-state index in [9.17, 15) is 14.4 Å². The lowest BCUT2D eigenvalue weighted by Gasteiger charge is -2.06. The highest BCUT2D eigenvalue weighted by Crippen LogP contribution is 2.26. The van der Waals surface area contributed by atoms with E-state index in [4.69, 9.17) is 13.9 Å². The van der Waals surface area contributed by atoms with Crippen LogP contribution < -0.4 is 10.1 Å². The van der Waals surface area contributed by atoms with E-state index in [-0.39, 0.29) is 24.7 Å². The fraction of sp³-hybridized carbons (Fsp3) is 0.190. The van der Waals surface area contributed by atoms with Gasteiger partial charge in [0.15, 0.2) is 12.4 Å². The van der Waals surface area contributed by atoms with E-state index in [0.717, 1.165) is 5.39 Å². The van der Waals surface area contributed by atoms with Gasteiger partial charge in [0.1, 0.15) is 11.3 Å². The molecular weight excluding hydrogens is 362 g/mol. The molecular formula is C21H19NO6. The lowest BCUT2D eigenvalue weighted by atomic mass is 10.1. The molecule has 7 heteroatoms. The lowest BCUT2D eigenvalue weighted by molar-refractivity contribution is -0.141. The molecule has 0 aliphatic rings. The number of amides is 1. The van der Waals surface area contributed by atoms with Crippen molar-refractivity contribution in [1.29, 1.82) is 0 Å². The van der Waals surface area contributed by atoms with E-state index in [1.165, 1.54) is 13.2 Å². The molecule has 0 saturated carbocycles. The van der Waals surface area contributed by atoms with Gasteiger partial charge in [-0.3, -0.25) is 14.4 Å². The Morgan fingerprint density at radius 3 is 2.50 bits per heavy atom. The number of esters is 1. The summed E-state index contributed by atoms with van der Waals surface area (Å²) in [6.45, 7) is 1.04. The Balaban J connectivity index is 1.56. The number of methoxy groups -OCH3 is 1. The summed E-state index contributed by atoms with van der Waals surface area (Å²) in [5.74, 6) is -0.393. The van der Waals surface area contributed by atoms with Crippen molar-refractivity contribution in [3.63, 3.8) is 0 Å². The maximum Gasteiger partial charge on any atom is 0.310 e. The van der Waals surface area contributed by atoms with Gasteiger partial charge in [0.2, 0.25) is 5.91 Å². The third-order valence-corrected chi connectivity index (χ3v) is 4.09. The monoisotopic (exact) mass is 381 g/mol. The van der Waals surface area contributed by atoms with E-state index >= 15 is 0 Å². The first kappa shape index (κ1) is 19.2. The predicted octanol–water partition coefficient (Wildman–Crippen LogP) is 3.37. The molecule has 0 fully saturated rings. The van der Waals surface area contributed by atoms with E-state index in [0.29, 0.717) is 28.1 Å². The SMILES string of the molecule is COc1ccc2c(CC(=O)OCC(=O)c3ccc(NC(C)=O)cc3)coc2c1. The first-order valence-corrected chi connectivity index (χ1v) is 8.57. The minimum absolute atomic E-state index is 0.00587. The number of Topliss-reactive ketones (excluding diaryl/α,β-unsaturated/α-hetero) is 1. The van der Waals surface area contributed by atoms with E-state index < -0.39 is 5.97 Å². The number of fused-ring (bicyclic) bond motifs is 1. The van der Waals surface area contributed by atoms with Crippen LogP contribution in [-0.4, -0.2) is 31.4 Å². The van der Waals surface area contributed by atoms with Gasteiger partial charge in [-0.2, -0.15) is 0 Å². The Bertz CT molecular complexity index is 1020. The summed E-state index contributed by atoms with van der Waals surface area (Å²) >= 11 is 0. The number of benzene rings is 2. The van der Waals surface area contributed by atoms with Crippen LogP contribution in [0.1, 0.15) is 22.8 Å². The molecule has 144 valence electrons. The Morgan fingerprint density at radius 2 is 1.82 bits per heavy atom. The van der Waals surface area contributed by atoms with Crippen LogP contribution in [0.25, 0.3) is 11.0 Å². The number of nitrogens with one attached hydrogen (secondary N) is 1. The number of rotatable bonds is 7. The van der Waals surface area contributed by atoms with Gasteiger partial charge in [-0.05, 0) is 36.4 Å². The van der Waals surface area contributed by atoms with E-state index in [1.54, 1.807) is 43.5 Å². The van der Waals surface area contributed by atoms with Gasteiger partial charge in [0.05, 0.1) is 19.8 Å². The smallest absolute Gasteiger partial charge is 0.310 e. The average molecular weight is 381 g/mol. The highest BCUT2D eigenvalue weighted by molar-refractivity contribution is 5.99. The van der Waals surface area contributed by atoms with Crippen molar-refractivity contribution < 1.29 is 28.3 Å². The second-order valence-corrected chi connectivity index (χ2v) is 6.14. The molecule has 2 aromatic carbocycles. The zero-order valence-corrected chi connectivity index (χ0v) is 15.5. The molecule has 0 aliphatic carbocycles. The summed E-state index contributed by atoms with van der Waals surface area (Å²) in [6.07, 6.45) is 1.49. The van der Waals surface area contributed by atoms with Crippen LogP contribution in [-0.2, 0) is 20.7 Å². The van der Waals surface area contributed by atoms with Gasteiger partial charge >= 0.3 is 5.97 Å². The molecule has 0 aliphatic heterocycles. The number of anilines is 1. The Kier molecular flexibility index (Phi) is 5.74. The second-order valence-electron chi connectivity index (χ2n) is 6.14. The van der Waals surface area contributed by atoms with Crippen molar-refractivity contribution in [3.8, 4) is 5.75 Å². The zero-order valence-electron chi connectivity index (χ0n) is 15.5. The van der Waals surface area contributed by atoms with Crippen LogP contribution in [0.3, 0.4) is 0 Å². The molecule has 0 saturated heterocycles. The lowest BCUT2D eigenvalue weighted by Crippen LogP contribution is -2.15. The fourth-order valence-corrected chi connectivity index (χ4v) is 2.71. The molecule has 0 spiro atoms. The quantitative estimate of drug-likeness (QED) is 0.498. The summed E-state index contributed by atoms with van der Waals surface area (Å²) in [7, 11) is 1.56. The van der Waals surface area contributed by atoms with Crippen LogP contribution in [0.4, 0.5) is 5.69 Å². The first-order valence-electron chi connectivity index (χ1n) is 8.57. The van der Waals surface area contributed by atoms with Crippen molar-refractivity contribution in [1.82, 2.24) is 0 Å². The van der Waals surface area contributed by atoms with Crippen LogP contribution in [0.15, 0.2) is 53.1 Å². The Hall–Kier alpha value is -3.61. The van der Waals surface area contributed by atoms with E-state index in [2.05, 4.69) is 5.32 Å². The third kappa shape index (κ3) is 4.56. The molecule has 0 unspecified atom stereocenters. The number of furan rings is 1. The third-order valence-electron chi connectivity index (χ3n) is 4.09. The maximum absolute atomic E-state index is 12.2. The molecule has 1 N–H and O–H groups in total. The molecule has 1 heterocycles.